The first-order valence-corrected chi connectivity index (χ1v) is 10.2. The summed E-state index contributed by atoms with van der Waals surface area (Å²) >= 11 is 0. The normalized spacial score (nSPS) is 12.0. The molecule has 0 saturated carbocycles. The van der Waals surface area contributed by atoms with Gasteiger partial charge >= 0.3 is 5.69 Å². The van der Waals surface area contributed by atoms with Crippen LogP contribution >= 0.6 is 0 Å². The van der Waals surface area contributed by atoms with Gasteiger partial charge < -0.3 is 10.6 Å². The minimum atomic E-state index is -0.149. The van der Waals surface area contributed by atoms with Crippen LogP contribution in [0.3, 0.4) is 0 Å². The Morgan fingerprint density at radius 3 is 2.53 bits per heavy atom. The molecule has 2 amide bonds. The second-order valence-electron chi connectivity index (χ2n) is 7.49. The van der Waals surface area contributed by atoms with E-state index in [9.17, 15) is 14.4 Å². The van der Waals surface area contributed by atoms with E-state index in [4.69, 9.17) is 0 Å². The third-order valence-corrected chi connectivity index (χ3v) is 5.28. The molecule has 1 aromatic heterocycles. The van der Waals surface area contributed by atoms with Crippen molar-refractivity contribution in [2.75, 3.05) is 0 Å². The Morgan fingerprint density at radius 1 is 1.07 bits per heavy atom. The van der Waals surface area contributed by atoms with Crippen LogP contribution in [-0.4, -0.2) is 27.0 Å². The summed E-state index contributed by atoms with van der Waals surface area (Å²) < 4.78 is 3.21. The highest BCUT2D eigenvalue weighted by molar-refractivity contribution is 5.94. The van der Waals surface area contributed by atoms with Crippen LogP contribution in [0.25, 0.3) is 11.0 Å². The largest absolute Gasteiger partial charge is 0.352 e. The molecule has 0 radical (unpaired) electrons. The van der Waals surface area contributed by atoms with E-state index in [-0.39, 0.29) is 30.0 Å². The highest BCUT2D eigenvalue weighted by atomic mass is 16.2. The fourth-order valence-corrected chi connectivity index (χ4v) is 3.31. The number of para-hydroxylation sites is 2. The number of imidazole rings is 1. The quantitative estimate of drug-likeness (QED) is 0.601. The maximum absolute atomic E-state index is 12.4. The number of fused-ring (bicyclic) bond motifs is 1. The molecule has 30 heavy (non-hydrogen) atoms. The molecule has 7 heteroatoms. The summed E-state index contributed by atoms with van der Waals surface area (Å²) in [5.74, 6) is -0.267. The molecule has 2 N–H and O–H groups in total. The molecule has 0 spiro atoms. The van der Waals surface area contributed by atoms with Gasteiger partial charge in [0.05, 0.1) is 11.0 Å². The number of rotatable bonds is 8. The molecule has 0 unspecified atom stereocenters. The minimum Gasteiger partial charge on any atom is -0.352 e. The van der Waals surface area contributed by atoms with Crippen LogP contribution in [0.15, 0.2) is 53.3 Å². The van der Waals surface area contributed by atoms with Crippen molar-refractivity contribution in [1.29, 1.82) is 0 Å². The van der Waals surface area contributed by atoms with Crippen molar-refractivity contribution < 1.29 is 9.59 Å². The lowest BCUT2D eigenvalue weighted by atomic mass is 10.1. The third kappa shape index (κ3) is 4.79. The first kappa shape index (κ1) is 21.4. The summed E-state index contributed by atoms with van der Waals surface area (Å²) in [7, 11) is 1.73. The van der Waals surface area contributed by atoms with Crippen LogP contribution < -0.4 is 16.3 Å². The first-order valence-electron chi connectivity index (χ1n) is 10.2. The Labute approximate surface area is 175 Å². The zero-order valence-corrected chi connectivity index (χ0v) is 17.6. The van der Waals surface area contributed by atoms with Gasteiger partial charge in [0.1, 0.15) is 0 Å². The Kier molecular flexibility index (Phi) is 6.72. The lowest BCUT2D eigenvalue weighted by molar-refractivity contribution is -0.121. The molecule has 0 aliphatic heterocycles. The maximum atomic E-state index is 12.4. The summed E-state index contributed by atoms with van der Waals surface area (Å²) in [4.78, 5) is 37.0. The van der Waals surface area contributed by atoms with Gasteiger partial charge in [-0.3, -0.25) is 18.7 Å². The SMILES string of the molecule is CC[C@H](C)NC(=O)c1cccc(CNC(=O)CCn2c(=O)n(C)c3ccccc32)c1. The number of nitrogens with one attached hydrogen (secondary N) is 2. The zero-order valence-electron chi connectivity index (χ0n) is 17.6. The van der Waals surface area contributed by atoms with E-state index in [2.05, 4.69) is 10.6 Å². The van der Waals surface area contributed by atoms with Crippen molar-refractivity contribution in [1.82, 2.24) is 19.8 Å². The summed E-state index contributed by atoms with van der Waals surface area (Å²) in [6.45, 7) is 4.61. The predicted octanol–water partition coefficient (Wildman–Crippen LogP) is 2.57. The first-order chi connectivity index (χ1) is 14.4. The van der Waals surface area contributed by atoms with Gasteiger partial charge in [-0.1, -0.05) is 31.2 Å². The van der Waals surface area contributed by atoms with Gasteiger partial charge in [0.25, 0.3) is 5.91 Å². The van der Waals surface area contributed by atoms with E-state index in [1.807, 2.05) is 50.2 Å². The van der Waals surface area contributed by atoms with Crippen molar-refractivity contribution in [2.24, 2.45) is 7.05 Å². The van der Waals surface area contributed by atoms with Gasteiger partial charge in [-0.05, 0) is 43.2 Å². The van der Waals surface area contributed by atoms with E-state index in [1.54, 1.807) is 28.3 Å². The van der Waals surface area contributed by atoms with Crippen LogP contribution in [0.5, 0.6) is 0 Å². The Bertz CT molecular complexity index is 1110. The highest BCUT2D eigenvalue weighted by Crippen LogP contribution is 2.12. The summed E-state index contributed by atoms with van der Waals surface area (Å²) in [5, 5.41) is 5.81. The third-order valence-electron chi connectivity index (χ3n) is 5.28. The average molecular weight is 409 g/mol. The highest BCUT2D eigenvalue weighted by Gasteiger charge is 2.12. The molecule has 0 aliphatic carbocycles. The molecule has 3 rings (SSSR count). The molecular weight excluding hydrogens is 380 g/mol. The van der Waals surface area contributed by atoms with Gasteiger partial charge in [-0.25, -0.2) is 4.79 Å². The van der Waals surface area contributed by atoms with Crippen LogP contribution in [0, 0.1) is 0 Å². The monoisotopic (exact) mass is 408 g/mol. The van der Waals surface area contributed by atoms with Gasteiger partial charge in [0.2, 0.25) is 5.91 Å². The Hall–Kier alpha value is -3.35. The lowest BCUT2D eigenvalue weighted by Crippen LogP contribution is -2.32. The predicted molar refractivity (Wildman–Crippen MR) is 117 cm³/mol. The molecule has 1 heterocycles. The number of aryl methyl sites for hydroxylation is 2. The standard InChI is InChI=1S/C23H28N4O3/c1-4-16(2)25-22(29)18-9-7-8-17(14-18)15-24-21(28)12-13-27-20-11-6-5-10-19(20)26(3)23(27)30/h5-11,14,16H,4,12-13,15H2,1-3H3,(H,24,28)(H,25,29)/t16-/m0/s1. The van der Waals surface area contributed by atoms with Gasteiger partial charge in [-0.2, -0.15) is 0 Å². The smallest absolute Gasteiger partial charge is 0.328 e. The fraction of sp³-hybridized carbons (Fsp3) is 0.348. The van der Waals surface area contributed by atoms with E-state index in [0.29, 0.717) is 18.7 Å². The van der Waals surface area contributed by atoms with Crippen LogP contribution in [0.1, 0.15) is 42.6 Å². The Balaban J connectivity index is 1.58. The van der Waals surface area contributed by atoms with Crippen LogP contribution in [0.4, 0.5) is 0 Å². The molecule has 0 aliphatic rings. The number of carbonyl (C=O) groups is 2. The maximum Gasteiger partial charge on any atom is 0.328 e. The molecule has 3 aromatic rings. The van der Waals surface area contributed by atoms with Crippen molar-refractivity contribution in [3.8, 4) is 0 Å². The number of hydrogen-bond donors (Lipinski definition) is 2. The number of carbonyl (C=O) groups excluding carboxylic acids is 2. The topological polar surface area (TPSA) is 85.1 Å². The van der Waals surface area contributed by atoms with E-state index < -0.39 is 0 Å². The van der Waals surface area contributed by atoms with E-state index in [0.717, 1.165) is 23.0 Å². The molecule has 0 saturated heterocycles. The zero-order chi connectivity index (χ0) is 21.7. The second kappa shape index (κ2) is 9.43. The van der Waals surface area contributed by atoms with Crippen LogP contribution in [-0.2, 0) is 24.9 Å². The molecule has 1 atom stereocenters. The number of nitrogens with zero attached hydrogens (tertiary/aromatic N) is 2. The van der Waals surface area contributed by atoms with E-state index in [1.165, 1.54) is 0 Å². The molecular formula is C23H28N4O3. The molecule has 2 aromatic carbocycles. The molecule has 0 bridgehead atoms. The number of aromatic nitrogens is 2. The lowest BCUT2D eigenvalue weighted by Gasteiger charge is -2.12. The van der Waals surface area contributed by atoms with Crippen molar-refractivity contribution >= 4 is 22.8 Å². The van der Waals surface area contributed by atoms with Crippen molar-refractivity contribution in [2.45, 2.75) is 45.8 Å². The average Bonchev–Trinajstić information content (AvgIpc) is 3.01. The van der Waals surface area contributed by atoms with Crippen molar-refractivity contribution in [3.63, 3.8) is 0 Å². The second-order valence-corrected chi connectivity index (χ2v) is 7.49. The van der Waals surface area contributed by atoms with Gasteiger partial charge in [0.15, 0.2) is 0 Å². The Morgan fingerprint density at radius 2 is 1.80 bits per heavy atom. The van der Waals surface area contributed by atoms with Crippen molar-refractivity contribution in [3.05, 3.63) is 70.1 Å². The molecule has 0 fully saturated rings. The minimum absolute atomic E-state index is 0.110. The molecule has 158 valence electrons. The summed E-state index contributed by atoms with van der Waals surface area (Å²) in [6, 6.07) is 14.9. The number of amides is 2. The van der Waals surface area contributed by atoms with Crippen LogP contribution in [0.2, 0.25) is 0 Å². The number of benzene rings is 2. The van der Waals surface area contributed by atoms with Gasteiger partial charge in [-0.15, -0.1) is 0 Å². The number of hydrogen-bond acceptors (Lipinski definition) is 3. The van der Waals surface area contributed by atoms with E-state index >= 15 is 0 Å². The van der Waals surface area contributed by atoms with Gasteiger partial charge in [0, 0.05) is 38.2 Å². The fourth-order valence-electron chi connectivity index (χ4n) is 3.31. The summed E-state index contributed by atoms with van der Waals surface area (Å²) in [5.41, 5.74) is 2.95. The summed E-state index contributed by atoms with van der Waals surface area (Å²) in [6.07, 6.45) is 1.06. The molecule has 7 nitrogen and oxygen atoms in total.